The zero-order chi connectivity index (χ0) is 21.3. The van der Waals surface area contributed by atoms with Gasteiger partial charge in [0.1, 0.15) is 0 Å². The Bertz CT molecular complexity index is 730. The molecule has 0 saturated carbocycles. The van der Waals surface area contributed by atoms with Crippen molar-refractivity contribution in [2.45, 2.75) is 13.8 Å². The highest BCUT2D eigenvalue weighted by atomic mass is 16.5. The Labute approximate surface area is 164 Å². The Hall–Kier alpha value is -2.94. The fourth-order valence-electron chi connectivity index (χ4n) is 2.58. The lowest BCUT2D eigenvalue weighted by Crippen LogP contribution is -2.41. The second-order valence-corrected chi connectivity index (χ2v) is 6.03. The van der Waals surface area contributed by atoms with Crippen molar-refractivity contribution in [3.05, 3.63) is 29.3 Å². The number of rotatable bonds is 9. The Kier molecular flexibility index (Phi) is 9.10. The molecule has 9 heteroatoms. The number of nitrogens with zero attached hydrogens (tertiary/aromatic N) is 2. The van der Waals surface area contributed by atoms with Crippen molar-refractivity contribution in [1.82, 2.24) is 9.80 Å². The summed E-state index contributed by atoms with van der Waals surface area (Å²) >= 11 is 0. The molecule has 0 unspecified atom stereocenters. The standard InChI is InChI=1S/C19H27N3O6/c1-6-22(7-2)17(24)12-21(3)11-16(23)20-15-10-13(18(25)27-4)8-9-14(15)19(26)28-5/h8-10H,6-7,11-12H2,1-5H3,(H,20,23). The molecule has 28 heavy (non-hydrogen) atoms. The van der Waals surface area contributed by atoms with Gasteiger partial charge in [-0.2, -0.15) is 0 Å². The maximum Gasteiger partial charge on any atom is 0.339 e. The first kappa shape index (κ1) is 23.1. The van der Waals surface area contributed by atoms with Crippen LogP contribution in [-0.4, -0.2) is 81.0 Å². The monoisotopic (exact) mass is 393 g/mol. The molecule has 0 radical (unpaired) electrons. The summed E-state index contributed by atoms with van der Waals surface area (Å²) in [5, 5.41) is 2.59. The number of likely N-dealkylation sites (N-methyl/N-ethyl adjacent to an activating group) is 2. The van der Waals surface area contributed by atoms with Crippen molar-refractivity contribution in [3.8, 4) is 0 Å². The quantitative estimate of drug-likeness (QED) is 0.624. The van der Waals surface area contributed by atoms with E-state index in [4.69, 9.17) is 4.74 Å². The van der Waals surface area contributed by atoms with Crippen LogP contribution in [0.2, 0.25) is 0 Å². The van der Waals surface area contributed by atoms with Crippen LogP contribution in [0.5, 0.6) is 0 Å². The van der Waals surface area contributed by atoms with Gasteiger partial charge >= 0.3 is 11.9 Å². The third kappa shape index (κ3) is 6.34. The number of carbonyl (C=O) groups is 4. The average Bonchev–Trinajstić information content (AvgIpc) is 2.67. The van der Waals surface area contributed by atoms with Gasteiger partial charge in [0.05, 0.1) is 44.1 Å². The van der Waals surface area contributed by atoms with E-state index in [2.05, 4.69) is 10.1 Å². The van der Waals surface area contributed by atoms with Crippen LogP contribution < -0.4 is 5.32 Å². The van der Waals surface area contributed by atoms with Gasteiger partial charge in [-0.3, -0.25) is 14.5 Å². The number of hydrogen-bond donors (Lipinski definition) is 1. The molecule has 0 aliphatic carbocycles. The second-order valence-electron chi connectivity index (χ2n) is 6.03. The minimum absolute atomic E-state index is 0.0733. The number of benzene rings is 1. The minimum atomic E-state index is -0.656. The van der Waals surface area contributed by atoms with E-state index >= 15 is 0 Å². The number of nitrogens with one attached hydrogen (secondary N) is 1. The molecule has 1 N–H and O–H groups in total. The van der Waals surface area contributed by atoms with Gasteiger partial charge in [-0.05, 0) is 39.1 Å². The summed E-state index contributed by atoms with van der Waals surface area (Å²) in [5.41, 5.74) is 0.407. The summed E-state index contributed by atoms with van der Waals surface area (Å²) in [6, 6.07) is 4.13. The summed E-state index contributed by atoms with van der Waals surface area (Å²) in [7, 11) is 4.10. The van der Waals surface area contributed by atoms with E-state index < -0.39 is 17.8 Å². The van der Waals surface area contributed by atoms with Crippen LogP contribution in [-0.2, 0) is 19.1 Å². The molecule has 0 atom stereocenters. The van der Waals surface area contributed by atoms with Crippen molar-refractivity contribution >= 4 is 29.4 Å². The van der Waals surface area contributed by atoms with Crippen LogP contribution in [0.25, 0.3) is 0 Å². The zero-order valence-corrected chi connectivity index (χ0v) is 16.9. The van der Waals surface area contributed by atoms with E-state index in [9.17, 15) is 19.2 Å². The molecule has 9 nitrogen and oxygen atoms in total. The van der Waals surface area contributed by atoms with Gasteiger partial charge in [0.2, 0.25) is 11.8 Å². The largest absolute Gasteiger partial charge is 0.465 e. The molecule has 1 aromatic carbocycles. The Balaban J connectivity index is 2.90. The van der Waals surface area contributed by atoms with Crippen LogP contribution in [0, 0.1) is 0 Å². The molecule has 0 bridgehead atoms. The number of esters is 2. The molecule has 0 fully saturated rings. The van der Waals surface area contributed by atoms with Gasteiger partial charge in [-0.15, -0.1) is 0 Å². The van der Waals surface area contributed by atoms with E-state index in [1.54, 1.807) is 16.8 Å². The summed E-state index contributed by atoms with van der Waals surface area (Å²) in [4.78, 5) is 51.4. The first-order valence-corrected chi connectivity index (χ1v) is 8.84. The SMILES string of the molecule is CCN(CC)C(=O)CN(C)CC(=O)Nc1cc(C(=O)OC)ccc1C(=O)OC. The molecule has 0 heterocycles. The highest BCUT2D eigenvalue weighted by Gasteiger charge is 2.19. The fraction of sp³-hybridized carbons (Fsp3) is 0.474. The molecule has 0 aliphatic rings. The molecule has 1 rings (SSSR count). The van der Waals surface area contributed by atoms with E-state index in [-0.39, 0.29) is 35.8 Å². The summed E-state index contributed by atoms with van der Waals surface area (Å²) in [6.45, 7) is 4.97. The number of methoxy groups -OCH3 is 2. The zero-order valence-electron chi connectivity index (χ0n) is 16.9. The van der Waals surface area contributed by atoms with Crippen LogP contribution in [0.15, 0.2) is 18.2 Å². The van der Waals surface area contributed by atoms with Crippen molar-refractivity contribution in [1.29, 1.82) is 0 Å². The van der Waals surface area contributed by atoms with Gasteiger partial charge in [0.25, 0.3) is 0 Å². The third-order valence-corrected chi connectivity index (χ3v) is 4.05. The Morgan fingerprint density at radius 2 is 1.57 bits per heavy atom. The average molecular weight is 393 g/mol. The number of hydrogen-bond acceptors (Lipinski definition) is 7. The summed E-state index contributed by atoms with van der Waals surface area (Å²) in [6.07, 6.45) is 0. The molecule has 0 aromatic heterocycles. The van der Waals surface area contributed by atoms with E-state index in [0.717, 1.165) is 0 Å². The number of anilines is 1. The molecule has 0 spiro atoms. The maximum atomic E-state index is 12.4. The number of ether oxygens (including phenoxy) is 2. The Morgan fingerprint density at radius 3 is 2.11 bits per heavy atom. The first-order chi connectivity index (χ1) is 13.3. The predicted molar refractivity (Wildman–Crippen MR) is 103 cm³/mol. The lowest BCUT2D eigenvalue weighted by Gasteiger charge is -2.22. The topological polar surface area (TPSA) is 105 Å². The highest BCUT2D eigenvalue weighted by Crippen LogP contribution is 2.19. The maximum absolute atomic E-state index is 12.4. The molecular formula is C19H27N3O6. The summed E-state index contributed by atoms with van der Waals surface area (Å²) in [5.74, 6) is -1.78. The smallest absolute Gasteiger partial charge is 0.339 e. The number of carbonyl (C=O) groups excluding carboxylic acids is 4. The molecule has 2 amide bonds. The normalized spacial score (nSPS) is 10.4. The van der Waals surface area contributed by atoms with Crippen molar-refractivity contribution in [3.63, 3.8) is 0 Å². The lowest BCUT2D eigenvalue weighted by atomic mass is 10.1. The van der Waals surface area contributed by atoms with E-state index in [1.165, 1.54) is 32.4 Å². The highest BCUT2D eigenvalue weighted by molar-refractivity contribution is 6.04. The minimum Gasteiger partial charge on any atom is -0.465 e. The van der Waals surface area contributed by atoms with Crippen molar-refractivity contribution in [2.75, 3.05) is 52.8 Å². The molecular weight excluding hydrogens is 366 g/mol. The van der Waals surface area contributed by atoms with Crippen LogP contribution in [0.4, 0.5) is 5.69 Å². The van der Waals surface area contributed by atoms with Gasteiger partial charge in [0.15, 0.2) is 0 Å². The third-order valence-electron chi connectivity index (χ3n) is 4.05. The first-order valence-electron chi connectivity index (χ1n) is 8.84. The van der Waals surface area contributed by atoms with Crippen LogP contribution in [0.1, 0.15) is 34.6 Å². The van der Waals surface area contributed by atoms with Crippen LogP contribution in [0.3, 0.4) is 0 Å². The molecule has 0 saturated heterocycles. The van der Waals surface area contributed by atoms with Crippen molar-refractivity contribution in [2.24, 2.45) is 0 Å². The van der Waals surface area contributed by atoms with Crippen molar-refractivity contribution < 1.29 is 28.7 Å². The van der Waals surface area contributed by atoms with Crippen LogP contribution >= 0.6 is 0 Å². The van der Waals surface area contributed by atoms with E-state index in [1.807, 2.05) is 13.8 Å². The fourth-order valence-corrected chi connectivity index (χ4v) is 2.58. The molecule has 1 aromatic rings. The van der Waals surface area contributed by atoms with Gasteiger partial charge in [-0.25, -0.2) is 9.59 Å². The summed E-state index contributed by atoms with van der Waals surface area (Å²) < 4.78 is 9.36. The predicted octanol–water partition coefficient (Wildman–Crippen LogP) is 0.999. The molecule has 154 valence electrons. The molecule has 0 aliphatic heterocycles. The van der Waals surface area contributed by atoms with Gasteiger partial charge in [0, 0.05) is 13.1 Å². The van der Waals surface area contributed by atoms with Gasteiger partial charge in [-0.1, -0.05) is 0 Å². The number of amides is 2. The second kappa shape index (κ2) is 11.0. The van der Waals surface area contributed by atoms with E-state index in [0.29, 0.717) is 13.1 Å². The lowest BCUT2D eigenvalue weighted by molar-refractivity contribution is -0.132. The Morgan fingerprint density at radius 1 is 0.964 bits per heavy atom. The van der Waals surface area contributed by atoms with Gasteiger partial charge < -0.3 is 19.7 Å².